The molecule has 2 rings (SSSR count). The fourth-order valence-corrected chi connectivity index (χ4v) is 2.98. The van der Waals surface area contributed by atoms with Crippen LogP contribution >= 0.6 is 15.9 Å². The first-order valence-electron chi connectivity index (χ1n) is 6.53. The summed E-state index contributed by atoms with van der Waals surface area (Å²) in [4.78, 5) is 22.6. The Morgan fingerprint density at radius 3 is 2.68 bits per heavy atom. The van der Waals surface area contributed by atoms with Crippen LogP contribution in [0.15, 0.2) is 22.7 Å². The summed E-state index contributed by atoms with van der Waals surface area (Å²) in [6, 6.07) is 5.00. The second-order valence-corrected chi connectivity index (χ2v) is 5.89. The smallest absolute Gasteiger partial charge is 0.273 e. The number of carbonyl (C=O) groups is 1. The molecule has 19 heavy (non-hydrogen) atoms. The maximum atomic E-state index is 12.0. The van der Waals surface area contributed by atoms with E-state index in [0.717, 1.165) is 25.7 Å². The number of nitro benzene ring substituents is 1. The Hall–Kier alpha value is -1.23. The van der Waals surface area contributed by atoms with Crippen LogP contribution in [0.5, 0.6) is 0 Å². The second-order valence-electron chi connectivity index (χ2n) is 4.98. The predicted molar refractivity (Wildman–Crippen MR) is 76.1 cm³/mol. The molecule has 5 heteroatoms. The second kappa shape index (κ2) is 6.28. The number of nitro groups is 1. The molecule has 102 valence electrons. The third-order valence-corrected chi connectivity index (χ3v) is 4.19. The van der Waals surface area contributed by atoms with Gasteiger partial charge in [0.15, 0.2) is 0 Å². The molecule has 0 bridgehead atoms. The normalized spacial score (nSPS) is 15.6. The molecule has 0 aliphatic heterocycles. The highest BCUT2D eigenvalue weighted by atomic mass is 79.9. The summed E-state index contributed by atoms with van der Waals surface area (Å²) in [5.74, 6) is 0.448. The van der Waals surface area contributed by atoms with Gasteiger partial charge in [-0.1, -0.05) is 34.8 Å². The zero-order valence-electron chi connectivity index (χ0n) is 10.6. The van der Waals surface area contributed by atoms with Crippen molar-refractivity contribution in [3.05, 3.63) is 38.3 Å². The monoisotopic (exact) mass is 325 g/mol. The van der Waals surface area contributed by atoms with Crippen molar-refractivity contribution in [3.8, 4) is 0 Å². The van der Waals surface area contributed by atoms with Crippen molar-refractivity contribution in [1.82, 2.24) is 0 Å². The van der Waals surface area contributed by atoms with Crippen molar-refractivity contribution >= 4 is 27.4 Å². The quantitative estimate of drug-likeness (QED) is 0.606. The van der Waals surface area contributed by atoms with Crippen LogP contribution in [0, 0.1) is 16.0 Å². The van der Waals surface area contributed by atoms with Gasteiger partial charge in [-0.05, 0) is 25.3 Å². The van der Waals surface area contributed by atoms with Crippen molar-refractivity contribution in [2.45, 2.75) is 38.5 Å². The summed E-state index contributed by atoms with van der Waals surface area (Å²) in [5, 5.41) is 11.0. The Labute approximate surface area is 120 Å². The van der Waals surface area contributed by atoms with E-state index in [-0.39, 0.29) is 22.3 Å². The molecule has 1 aliphatic carbocycles. The fraction of sp³-hybridized carbons (Fsp3) is 0.500. The zero-order valence-corrected chi connectivity index (χ0v) is 12.2. The predicted octanol–water partition coefficient (Wildman–Crippen LogP) is 4.05. The molecule has 0 amide bonds. The first kappa shape index (κ1) is 14.2. The van der Waals surface area contributed by atoms with Crippen molar-refractivity contribution in [2.24, 2.45) is 5.92 Å². The summed E-state index contributed by atoms with van der Waals surface area (Å²) >= 11 is 3.23. The van der Waals surface area contributed by atoms with Gasteiger partial charge in [0.1, 0.15) is 5.78 Å². The first-order valence-corrected chi connectivity index (χ1v) is 7.33. The van der Waals surface area contributed by atoms with Gasteiger partial charge < -0.3 is 0 Å². The van der Waals surface area contributed by atoms with E-state index in [2.05, 4.69) is 15.9 Å². The maximum Gasteiger partial charge on any atom is 0.273 e. The number of ketones is 1. The van der Waals surface area contributed by atoms with Gasteiger partial charge in [0.2, 0.25) is 0 Å². The van der Waals surface area contributed by atoms with Crippen LogP contribution in [-0.2, 0) is 11.2 Å². The van der Waals surface area contributed by atoms with E-state index in [4.69, 9.17) is 0 Å². The lowest BCUT2D eigenvalue weighted by atomic mass is 9.96. The van der Waals surface area contributed by atoms with Gasteiger partial charge in [-0.2, -0.15) is 0 Å². The van der Waals surface area contributed by atoms with Crippen LogP contribution in [0.1, 0.15) is 37.7 Å². The number of carbonyl (C=O) groups excluding carboxylic acids is 1. The molecule has 1 aliphatic rings. The highest BCUT2D eigenvalue weighted by Gasteiger charge is 2.23. The summed E-state index contributed by atoms with van der Waals surface area (Å²) < 4.78 is 0.685. The number of benzene rings is 1. The number of Topliss-reactive ketones (excluding diaryl/α,β-unsaturated/α-hetero) is 1. The molecule has 1 aromatic carbocycles. The molecule has 0 N–H and O–H groups in total. The van der Waals surface area contributed by atoms with Gasteiger partial charge >= 0.3 is 0 Å². The molecule has 0 unspecified atom stereocenters. The molecule has 0 saturated heterocycles. The number of hydrogen-bond donors (Lipinski definition) is 0. The SMILES string of the molecule is O=C(CCc1ccc(Br)cc1[N+](=O)[O-])C1CCCC1. The molecule has 0 spiro atoms. The average molecular weight is 326 g/mol. The van der Waals surface area contributed by atoms with Crippen LogP contribution in [0.2, 0.25) is 0 Å². The summed E-state index contributed by atoms with van der Waals surface area (Å²) in [5.41, 5.74) is 0.730. The maximum absolute atomic E-state index is 12.0. The van der Waals surface area contributed by atoms with Crippen LogP contribution in [0.25, 0.3) is 0 Å². The van der Waals surface area contributed by atoms with Gasteiger partial charge in [-0.15, -0.1) is 0 Å². The van der Waals surface area contributed by atoms with Crippen molar-refractivity contribution < 1.29 is 9.72 Å². The summed E-state index contributed by atoms with van der Waals surface area (Å²) in [7, 11) is 0. The Bertz CT molecular complexity index is 495. The molecular formula is C14H16BrNO3. The van der Waals surface area contributed by atoms with Crippen molar-refractivity contribution in [1.29, 1.82) is 0 Å². The third-order valence-electron chi connectivity index (χ3n) is 3.70. The van der Waals surface area contributed by atoms with E-state index in [1.807, 2.05) is 0 Å². The van der Waals surface area contributed by atoms with E-state index < -0.39 is 0 Å². The van der Waals surface area contributed by atoms with Gasteiger partial charge in [0.05, 0.1) is 4.92 Å². The van der Waals surface area contributed by atoms with Crippen molar-refractivity contribution in [2.75, 3.05) is 0 Å². The number of halogens is 1. The number of hydrogen-bond acceptors (Lipinski definition) is 3. The molecule has 0 heterocycles. The van der Waals surface area contributed by atoms with Gasteiger partial charge in [-0.25, -0.2) is 0 Å². The molecule has 4 nitrogen and oxygen atoms in total. The minimum Gasteiger partial charge on any atom is -0.299 e. The Morgan fingerprint density at radius 2 is 2.05 bits per heavy atom. The lowest BCUT2D eigenvalue weighted by Crippen LogP contribution is -2.11. The zero-order chi connectivity index (χ0) is 13.8. The lowest BCUT2D eigenvalue weighted by Gasteiger charge is -2.08. The fourth-order valence-electron chi connectivity index (χ4n) is 2.63. The standard InChI is InChI=1S/C14H16BrNO3/c15-12-7-5-10(13(9-12)16(18)19)6-8-14(17)11-3-1-2-4-11/h5,7,9,11H,1-4,6,8H2. The Kier molecular flexibility index (Phi) is 4.69. The van der Waals surface area contributed by atoms with Gasteiger partial charge in [0, 0.05) is 28.4 Å². The highest BCUT2D eigenvalue weighted by molar-refractivity contribution is 9.10. The van der Waals surface area contributed by atoms with Crippen LogP contribution in [0.3, 0.4) is 0 Å². The molecule has 0 atom stereocenters. The van der Waals surface area contributed by atoms with E-state index in [1.54, 1.807) is 12.1 Å². The highest BCUT2D eigenvalue weighted by Crippen LogP contribution is 2.28. The molecule has 1 fully saturated rings. The summed E-state index contributed by atoms with van der Waals surface area (Å²) in [6.45, 7) is 0. The van der Waals surface area contributed by atoms with Gasteiger partial charge in [-0.3, -0.25) is 14.9 Å². The Balaban J connectivity index is 2.02. The van der Waals surface area contributed by atoms with Crippen LogP contribution in [-0.4, -0.2) is 10.7 Å². The van der Waals surface area contributed by atoms with E-state index in [0.29, 0.717) is 22.9 Å². The average Bonchev–Trinajstić information content (AvgIpc) is 2.90. The summed E-state index contributed by atoms with van der Waals surface area (Å²) in [6.07, 6.45) is 5.11. The van der Waals surface area contributed by atoms with Crippen LogP contribution < -0.4 is 0 Å². The largest absolute Gasteiger partial charge is 0.299 e. The molecular weight excluding hydrogens is 310 g/mol. The Morgan fingerprint density at radius 1 is 1.37 bits per heavy atom. The third kappa shape index (κ3) is 3.62. The van der Waals surface area contributed by atoms with Gasteiger partial charge in [0.25, 0.3) is 5.69 Å². The number of nitrogens with zero attached hydrogens (tertiary/aromatic N) is 1. The van der Waals surface area contributed by atoms with E-state index in [1.165, 1.54) is 6.07 Å². The topological polar surface area (TPSA) is 60.2 Å². The lowest BCUT2D eigenvalue weighted by molar-refractivity contribution is -0.385. The molecule has 1 aromatic rings. The molecule has 0 radical (unpaired) electrons. The minimum atomic E-state index is -0.389. The van der Waals surface area contributed by atoms with E-state index in [9.17, 15) is 14.9 Å². The molecule has 1 saturated carbocycles. The minimum absolute atomic E-state index is 0.0913. The van der Waals surface area contributed by atoms with Crippen molar-refractivity contribution in [3.63, 3.8) is 0 Å². The number of aryl methyl sites for hydroxylation is 1. The van der Waals surface area contributed by atoms with Crippen LogP contribution in [0.4, 0.5) is 5.69 Å². The number of rotatable bonds is 5. The molecule has 0 aromatic heterocycles. The first-order chi connectivity index (χ1) is 9.08. The van der Waals surface area contributed by atoms with E-state index >= 15 is 0 Å².